The average molecular weight is 354 g/mol. The van der Waals surface area contributed by atoms with Gasteiger partial charge in [-0.1, -0.05) is 46.1 Å². The highest BCUT2D eigenvalue weighted by Gasteiger charge is 2.36. The fourth-order valence-electron chi connectivity index (χ4n) is 3.44. The minimum atomic E-state index is 0.0768. The van der Waals surface area contributed by atoms with E-state index in [9.17, 15) is 0 Å². The first-order valence-corrected chi connectivity index (χ1v) is 8.72. The summed E-state index contributed by atoms with van der Waals surface area (Å²) < 4.78 is 6.77. The first kappa shape index (κ1) is 16.8. The maximum Gasteiger partial charge on any atom is 0.136 e. The van der Waals surface area contributed by atoms with E-state index in [1.165, 1.54) is 43.2 Å². The Morgan fingerprint density at radius 1 is 1.19 bits per heavy atom. The minimum Gasteiger partial charge on any atom is -0.495 e. The molecule has 2 rings (SSSR count). The van der Waals surface area contributed by atoms with Gasteiger partial charge in [0, 0.05) is 17.5 Å². The number of hydrogen-bond acceptors (Lipinski definition) is 2. The van der Waals surface area contributed by atoms with Crippen LogP contribution >= 0.6 is 15.9 Å². The number of methoxy groups -OCH3 is 1. The average Bonchev–Trinajstić information content (AvgIpc) is 2.46. The Labute approximate surface area is 137 Å². The van der Waals surface area contributed by atoms with Gasteiger partial charge in [-0.3, -0.25) is 0 Å². The quantitative estimate of drug-likeness (QED) is 0.837. The van der Waals surface area contributed by atoms with E-state index < -0.39 is 0 Å². The molecule has 2 N–H and O–H groups in total. The highest BCUT2D eigenvalue weighted by Crippen LogP contribution is 2.46. The molecule has 1 aliphatic carbocycles. The van der Waals surface area contributed by atoms with E-state index in [2.05, 4.69) is 48.8 Å². The molecule has 0 radical (unpaired) electrons. The van der Waals surface area contributed by atoms with Crippen LogP contribution < -0.4 is 10.5 Å². The van der Waals surface area contributed by atoms with Gasteiger partial charge in [-0.15, -0.1) is 0 Å². The van der Waals surface area contributed by atoms with E-state index in [1.54, 1.807) is 7.11 Å². The predicted octanol–water partition coefficient (Wildman–Crippen LogP) is 4.92. The van der Waals surface area contributed by atoms with Gasteiger partial charge < -0.3 is 10.5 Å². The summed E-state index contributed by atoms with van der Waals surface area (Å²) in [4.78, 5) is 0. The van der Waals surface area contributed by atoms with Crippen LogP contribution in [0.15, 0.2) is 16.6 Å². The lowest BCUT2D eigenvalue weighted by atomic mass is 9.68. The van der Waals surface area contributed by atoms with E-state index in [0.717, 1.165) is 10.2 Å². The van der Waals surface area contributed by atoms with E-state index >= 15 is 0 Å². The van der Waals surface area contributed by atoms with Gasteiger partial charge in [0.05, 0.1) is 11.6 Å². The van der Waals surface area contributed by atoms with Gasteiger partial charge in [0.2, 0.25) is 0 Å². The molecule has 0 bridgehead atoms. The zero-order chi connectivity index (χ0) is 15.7. The SMILES string of the molecule is COc1c(Br)cc(C(C)(C)C)cc1C1(CN)CCCCC1. The molecule has 0 unspecified atom stereocenters. The summed E-state index contributed by atoms with van der Waals surface area (Å²) in [6, 6.07) is 4.52. The highest BCUT2D eigenvalue weighted by atomic mass is 79.9. The molecule has 1 aromatic rings. The van der Waals surface area contributed by atoms with Crippen LogP contribution in [0.4, 0.5) is 0 Å². The van der Waals surface area contributed by atoms with Crippen molar-refractivity contribution in [2.24, 2.45) is 5.73 Å². The van der Waals surface area contributed by atoms with E-state index in [0.29, 0.717) is 6.54 Å². The Balaban J connectivity index is 2.61. The summed E-state index contributed by atoms with van der Waals surface area (Å²) in [5.74, 6) is 0.968. The Kier molecular flexibility index (Phi) is 5.04. The molecule has 2 nitrogen and oxygen atoms in total. The molecule has 0 spiro atoms. The molecule has 1 saturated carbocycles. The Bertz CT molecular complexity index is 499. The van der Waals surface area contributed by atoms with Crippen LogP contribution in [0.5, 0.6) is 5.75 Å². The second-order valence-corrected chi connectivity index (χ2v) is 8.19. The minimum absolute atomic E-state index is 0.0768. The van der Waals surface area contributed by atoms with Crippen LogP contribution in [0.3, 0.4) is 0 Å². The normalized spacial score (nSPS) is 18.6. The summed E-state index contributed by atoms with van der Waals surface area (Å²) in [5, 5.41) is 0. The van der Waals surface area contributed by atoms with Crippen LogP contribution in [0.25, 0.3) is 0 Å². The molecular formula is C18H28BrNO. The summed E-state index contributed by atoms with van der Waals surface area (Å²) >= 11 is 3.70. The van der Waals surface area contributed by atoms with Gasteiger partial charge in [-0.2, -0.15) is 0 Å². The monoisotopic (exact) mass is 353 g/mol. The van der Waals surface area contributed by atoms with Crippen LogP contribution in [0, 0.1) is 0 Å². The summed E-state index contributed by atoms with van der Waals surface area (Å²) in [6.07, 6.45) is 6.18. The van der Waals surface area contributed by atoms with Gasteiger partial charge in [0.15, 0.2) is 0 Å². The lowest BCUT2D eigenvalue weighted by Gasteiger charge is -2.39. The van der Waals surface area contributed by atoms with Gasteiger partial charge in [0.25, 0.3) is 0 Å². The lowest BCUT2D eigenvalue weighted by molar-refractivity contribution is 0.286. The number of nitrogens with two attached hydrogens (primary N) is 1. The van der Waals surface area contributed by atoms with Crippen LogP contribution in [-0.4, -0.2) is 13.7 Å². The predicted molar refractivity (Wildman–Crippen MR) is 93.2 cm³/mol. The third-order valence-electron chi connectivity index (χ3n) is 4.89. The molecule has 1 aromatic carbocycles. The summed E-state index contributed by atoms with van der Waals surface area (Å²) in [7, 11) is 1.76. The molecule has 0 aliphatic heterocycles. The molecule has 3 heteroatoms. The van der Waals surface area contributed by atoms with Crippen LogP contribution in [0.2, 0.25) is 0 Å². The van der Waals surface area contributed by atoms with Crippen molar-refractivity contribution in [3.05, 3.63) is 27.7 Å². The summed E-state index contributed by atoms with van der Waals surface area (Å²) in [6.45, 7) is 7.45. The van der Waals surface area contributed by atoms with Crippen molar-refractivity contribution in [1.29, 1.82) is 0 Å². The van der Waals surface area contributed by atoms with Crippen LogP contribution in [-0.2, 0) is 10.8 Å². The lowest BCUT2D eigenvalue weighted by Crippen LogP contribution is -2.37. The van der Waals surface area contributed by atoms with Crippen molar-refractivity contribution in [1.82, 2.24) is 0 Å². The van der Waals surface area contributed by atoms with Gasteiger partial charge >= 0.3 is 0 Å². The van der Waals surface area contributed by atoms with Crippen molar-refractivity contribution in [2.45, 2.75) is 63.7 Å². The van der Waals surface area contributed by atoms with E-state index in [-0.39, 0.29) is 10.8 Å². The fourth-order valence-corrected chi connectivity index (χ4v) is 4.06. The number of halogens is 1. The Morgan fingerprint density at radius 3 is 2.29 bits per heavy atom. The maximum absolute atomic E-state index is 6.23. The smallest absolute Gasteiger partial charge is 0.136 e. The van der Waals surface area contributed by atoms with Crippen molar-refractivity contribution < 1.29 is 4.74 Å². The second-order valence-electron chi connectivity index (χ2n) is 7.33. The second kappa shape index (κ2) is 6.29. The van der Waals surface area contributed by atoms with E-state index in [1.807, 2.05) is 0 Å². The molecule has 0 heterocycles. The molecular weight excluding hydrogens is 326 g/mol. The first-order valence-electron chi connectivity index (χ1n) is 7.92. The zero-order valence-corrected chi connectivity index (χ0v) is 15.3. The molecule has 1 aliphatic rings. The highest BCUT2D eigenvalue weighted by molar-refractivity contribution is 9.10. The Hall–Kier alpha value is -0.540. The van der Waals surface area contributed by atoms with E-state index in [4.69, 9.17) is 10.5 Å². The number of benzene rings is 1. The number of ether oxygens (including phenoxy) is 1. The number of hydrogen-bond donors (Lipinski definition) is 1. The van der Waals surface area contributed by atoms with Gasteiger partial charge in [0.1, 0.15) is 5.75 Å². The fraction of sp³-hybridized carbons (Fsp3) is 0.667. The molecule has 0 aromatic heterocycles. The third kappa shape index (κ3) is 3.29. The molecule has 1 fully saturated rings. The summed E-state index contributed by atoms with van der Waals surface area (Å²) in [5.41, 5.74) is 9.06. The third-order valence-corrected chi connectivity index (χ3v) is 5.48. The Morgan fingerprint density at radius 2 is 1.81 bits per heavy atom. The standard InChI is InChI=1S/C18H28BrNO/c1-17(2,3)13-10-14(16(21-4)15(19)11-13)18(12-20)8-6-5-7-9-18/h10-11H,5-9,12,20H2,1-4H3. The van der Waals surface area contributed by atoms with Crippen LogP contribution in [0.1, 0.15) is 64.0 Å². The molecule has 0 amide bonds. The van der Waals surface area contributed by atoms with Crippen molar-refractivity contribution in [3.8, 4) is 5.75 Å². The molecule has 0 atom stereocenters. The van der Waals surface area contributed by atoms with Crippen molar-refractivity contribution in [2.75, 3.05) is 13.7 Å². The van der Waals surface area contributed by atoms with Crippen molar-refractivity contribution in [3.63, 3.8) is 0 Å². The largest absolute Gasteiger partial charge is 0.495 e. The van der Waals surface area contributed by atoms with Gasteiger partial charge in [-0.25, -0.2) is 0 Å². The first-order chi connectivity index (χ1) is 9.84. The number of rotatable bonds is 3. The van der Waals surface area contributed by atoms with Gasteiger partial charge in [-0.05, 0) is 45.8 Å². The zero-order valence-electron chi connectivity index (χ0n) is 13.8. The molecule has 118 valence electrons. The van der Waals surface area contributed by atoms with Crippen molar-refractivity contribution >= 4 is 15.9 Å². The maximum atomic E-state index is 6.23. The molecule has 0 saturated heterocycles. The topological polar surface area (TPSA) is 35.2 Å². The molecule has 21 heavy (non-hydrogen) atoms.